The van der Waals surface area contributed by atoms with Crippen molar-refractivity contribution in [2.24, 2.45) is 7.05 Å². The molecule has 5 aromatic heterocycles. The first-order valence-corrected chi connectivity index (χ1v) is 11.6. The van der Waals surface area contributed by atoms with Crippen LogP contribution in [0.1, 0.15) is 33.9 Å². The molecule has 12 heteroatoms. The molecule has 1 N–H and O–H groups in total. The number of rotatable bonds is 4. The van der Waals surface area contributed by atoms with Crippen LogP contribution in [0.4, 0.5) is 0 Å². The number of nitrogens with zero attached hydrogens (tertiary/aromatic N) is 9. The molecule has 0 saturated heterocycles. The molecule has 1 aliphatic rings. The molecule has 1 unspecified atom stereocenters. The van der Waals surface area contributed by atoms with E-state index in [0.717, 1.165) is 33.5 Å². The lowest BCUT2D eigenvalue weighted by atomic mass is 9.86. The number of hydrogen-bond acceptors (Lipinski definition) is 7. The van der Waals surface area contributed by atoms with E-state index in [-0.39, 0.29) is 5.92 Å². The molecule has 1 aromatic carbocycles. The third-order valence-electron chi connectivity index (χ3n) is 6.33. The normalized spacial score (nSPS) is 14.6. The van der Waals surface area contributed by atoms with Crippen LogP contribution in [0.15, 0.2) is 55.4 Å². The highest BCUT2D eigenvalue weighted by molar-refractivity contribution is 6.30. The molecular weight excluding hydrogens is 480 g/mol. The molecular formula is C24H19ClN10O. The first kappa shape index (κ1) is 20.8. The van der Waals surface area contributed by atoms with Crippen LogP contribution in [0.25, 0.3) is 17.0 Å². The Morgan fingerprint density at radius 2 is 1.92 bits per heavy atom. The van der Waals surface area contributed by atoms with Crippen molar-refractivity contribution in [2.45, 2.75) is 19.4 Å². The highest BCUT2D eigenvalue weighted by Gasteiger charge is 2.37. The number of H-pyrrole nitrogens is 1. The number of benzene rings is 1. The lowest BCUT2D eigenvalue weighted by molar-refractivity contribution is 0.416. The predicted molar refractivity (Wildman–Crippen MR) is 130 cm³/mol. The number of aromatic amines is 1. The molecule has 0 radical (unpaired) electrons. The maximum Gasteiger partial charge on any atom is 0.244 e. The monoisotopic (exact) mass is 498 g/mol. The zero-order valence-corrected chi connectivity index (χ0v) is 20.0. The summed E-state index contributed by atoms with van der Waals surface area (Å²) >= 11 is 5.98. The van der Waals surface area contributed by atoms with Gasteiger partial charge in [-0.25, -0.2) is 14.5 Å². The topological polar surface area (TPSA) is 117 Å². The Morgan fingerprint density at radius 3 is 2.67 bits per heavy atom. The van der Waals surface area contributed by atoms with Crippen molar-refractivity contribution in [1.29, 1.82) is 0 Å². The molecule has 7 rings (SSSR count). The largest absolute Gasteiger partial charge is 0.418 e. The summed E-state index contributed by atoms with van der Waals surface area (Å²) in [5.41, 5.74) is 6.34. The van der Waals surface area contributed by atoms with E-state index in [9.17, 15) is 0 Å². The van der Waals surface area contributed by atoms with E-state index in [1.165, 1.54) is 0 Å². The van der Waals surface area contributed by atoms with Gasteiger partial charge in [0.1, 0.15) is 6.33 Å². The van der Waals surface area contributed by atoms with Crippen LogP contribution in [-0.4, -0.2) is 49.3 Å². The molecule has 6 heterocycles. The molecule has 0 fully saturated rings. The fourth-order valence-electron chi connectivity index (χ4n) is 4.68. The molecule has 0 spiro atoms. The zero-order chi connectivity index (χ0) is 24.4. The van der Waals surface area contributed by atoms with E-state index in [4.69, 9.17) is 26.4 Å². The highest BCUT2D eigenvalue weighted by atomic mass is 35.5. The van der Waals surface area contributed by atoms with Crippen molar-refractivity contribution in [3.05, 3.63) is 88.4 Å². The summed E-state index contributed by atoms with van der Waals surface area (Å²) in [5, 5.41) is 21.3. The van der Waals surface area contributed by atoms with Crippen molar-refractivity contribution >= 4 is 17.2 Å². The van der Waals surface area contributed by atoms with Gasteiger partial charge < -0.3 is 4.74 Å². The Morgan fingerprint density at radius 1 is 1.06 bits per heavy atom. The van der Waals surface area contributed by atoms with E-state index in [2.05, 4.69) is 25.4 Å². The summed E-state index contributed by atoms with van der Waals surface area (Å²) in [6.45, 7) is 2.60. The van der Waals surface area contributed by atoms with Crippen LogP contribution in [0.2, 0.25) is 5.02 Å². The van der Waals surface area contributed by atoms with Gasteiger partial charge in [0.15, 0.2) is 11.5 Å². The maximum atomic E-state index is 6.07. The van der Waals surface area contributed by atoms with Gasteiger partial charge in [0.2, 0.25) is 11.8 Å². The minimum Gasteiger partial charge on any atom is -0.418 e. The lowest BCUT2D eigenvalue weighted by Crippen LogP contribution is -2.14. The van der Waals surface area contributed by atoms with Gasteiger partial charge >= 0.3 is 0 Å². The average Bonchev–Trinajstić information content (AvgIpc) is 3.66. The first-order valence-electron chi connectivity index (χ1n) is 11.3. The van der Waals surface area contributed by atoms with Gasteiger partial charge in [-0.1, -0.05) is 35.9 Å². The lowest BCUT2D eigenvalue weighted by Gasteiger charge is -2.24. The number of halogens is 1. The maximum absolute atomic E-state index is 6.07. The molecule has 0 saturated carbocycles. The van der Waals surface area contributed by atoms with Crippen LogP contribution >= 0.6 is 11.6 Å². The van der Waals surface area contributed by atoms with Gasteiger partial charge in [0, 0.05) is 41.8 Å². The van der Waals surface area contributed by atoms with Crippen LogP contribution in [0.3, 0.4) is 0 Å². The Hall–Kier alpha value is -4.51. The van der Waals surface area contributed by atoms with Crippen molar-refractivity contribution in [3.63, 3.8) is 0 Å². The van der Waals surface area contributed by atoms with Crippen molar-refractivity contribution < 1.29 is 4.74 Å². The SMILES string of the molecule is Cc1[nH]nc2c1C(c1cnn(C)c1)c1c(ncn3nc(-c4ccc(Cn5cc(Cl)cn5)cc4)nc13)O2. The Labute approximate surface area is 209 Å². The quantitative estimate of drug-likeness (QED) is 0.393. The van der Waals surface area contributed by atoms with E-state index < -0.39 is 0 Å². The van der Waals surface area contributed by atoms with Gasteiger partial charge in [-0.05, 0) is 12.5 Å². The number of aryl methyl sites for hydroxylation is 2. The number of ether oxygens (including phenoxy) is 1. The molecule has 0 aliphatic carbocycles. The average molecular weight is 499 g/mol. The van der Waals surface area contributed by atoms with Gasteiger partial charge in [-0.3, -0.25) is 14.5 Å². The highest BCUT2D eigenvalue weighted by Crippen LogP contribution is 2.48. The third-order valence-corrected chi connectivity index (χ3v) is 6.53. The fraction of sp³-hybridized carbons (Fsp3) is 0.167. The van der Waals surface area contributed by atoms with Crippen LogP contribution < -0.4 is 4.74 Å². The van der Waals surface area contributed by atoms with Crippen LogP contribution in [0, 0.1) is 6.92 Å². The molecule has 0 amide bonds. The minimum absolute atomic E-state index is 0.201. The molecule has 6 aromatic rings. The Bertz CT molecular complexity index is 1740. The van der Waals surface area contributed by atoms with E-state index in [1.807, 2.05) is 50.6 Å². The smallest absolute Gasteiger partial charge is 0.244 e. The Kier molecular flexibility index (Phi) is 4.48. The second-order valence-corrected chi connectivity index (χ2v) is 9.21. The molecule has 1 atom stereocenters. The first-order chi connectivity index (χ1) is 17.5. The van der Waals surface area contributed by atoms with E-state index in [1.54, 1.807) is 32.6 Å². The Balaban J connectivity index is 1.31. The molecule has 1 aliphatic heterocycles. The molecule has 0 bridgehead atoms. The van der Waals surface area contributed by atoms with Crippen molar-refractivity contribution in [3.8, 4) is 23.1 Å². The van der Waals surface area contributed by atoms with Crippen LogP contribution in [0.5, 0.6) is 11.8 Å². The van der Waals surface area contributed by atoms with Gasteiger partial charge in [-0.2, -0.15) is 10.2 Å². The van der Waals surface area contributed by atoms with Gasteiger partial charge in [0.05, 0.1) is 35.4 Å². The molecule has 36 heavy (non-hydrogen) atoms. The number of fused-ring (bicyclic) bond motifs is 4. The number of hydrogen-bond donors (Lipinski definition) is 1. The third kappa shape index (κ3) is 3.28. The second-order valence-electron chi connectivity index (χ2n) is 8.77. The summed E-state index contributed by atoms with van der Waals surface area (Å²) in [4.78, 5) is 9.47. The van der Waals surface area contributed by atoms with Gasteiger partial charge in [-0.15, -0.1) is 10.2 Å². The van der Waals surface area contributed by atoms with Crippen LogP contribution in [-0.2, 0) is 13.6 Å². The standard InChI is InChI=1S/C24H19ClN10O/c1-13-18-19(16-7-27-33(2)10-16)20-22-29-21(32-35(22)12-26-23(20)36-24(18)31-30-13)15-5-3-14(4-6-15)9-34-11-17(25)8-28-34/h3-8,10-12,19H,9H2,1-2H3,(H,30,31). The van der Waals surface area contributed by atoms with Gasteiger partial charge in [0.25, 0.3) is 0 Å². The summed E-state index contributed by atoms with van der Waals surface area (Å²) in [6, 6.07) is 8.07. The number of nitrogens with one attached hydrogen (secondary N) is 1. The molecule has 11 nitrogen and oxygen atoms in total. The minimum atomic E-state index is -0.201. The fourth-order valence-corrected chi connectivity index (χ4v) is 4.84. The summed E-state index contributed by atoms with van der Waals surface area (Å²) in [7, 11) is 1.89. The summed E-state index contributed by atoms with van der Waals surface area (Å²) in [6.07, 6.45) is 8.88. The van der Waals surface area contributed by atoms with E-state index >= 15 is 0 Å². The summed E-state index contributed by atoms with van der Waals surface area (Å²) in [5.74, 6) is 1.37. The number of aromatic nitrogens is 10. The molecule has 178 valence electrons. The van der Waals surface area contributed by atoms with Crippen molar-refractivity contribution in [1.82, 2.24) is 49.3 Å². The van der Waals surface area contributed by atoms with Crippen molar-refractivity contribution in [2.75, 3.05) is 0 Å². The van der Waals surface area contributed by atoms with E-state index in [0.29, 0.717) is 34.8 Å². The summed E-state index contributed by atoms with van der Waals surface area (Å²) < 4.78 is 11.3. The predicted octanol–water partition coefficient (Wildman–Crippen LogP) is 3.74. The zero-order valence-electron chi connectivity index (χ0n) is 19.3. The second kappa shape index (κ2) is 7.75.